The van der Waals surface area contributed by atoms with Gasteiger partial charge in [0, 0.05) is 18.2 Å². The van der Waals surface area contributed by atoms with Crippen molar-refractivity contribution in [3.05, 3.63) is 47.2 Å². The lowest BCUT2D eigenvalue weighted by Gasteiger charge is -2.22. The van der Waals surface area contributed by atoms with E-state index in [1.54, 1.807) is 0 Å². The average molecular weight is 376 g/mol. The number of aromatic nitrogens is 2. The molecule has 0 spiro atoms. The molecule has 1 fully saturated rings. The molecule has 0 radical (unpaired) electrons. The van der Waals surface area contributed by atoms with Crippen LogP contribution in [-0.2, 0) is 19.6 Å². The van der Waals surface area contributed by atoms with E-state index in [1.165, 1.54) is 38.2 Å². The number of hydrogen-bond donors (Lipinski definition) is 0. The smallest absolute Gasteiger partial charge is 0.212 e. The van der Waals surface area contributed by atoms with Crippen LogP contribution in [0.15, 0.2) is 24.3 Å². The number of aryl methyl sites for hydroxylation is 1. The normalized spacial score (nSPS) is 15.4. The molecule has 0 amide bonds. The van der Waals surface area contributed by atoms with Gasteiger partial charge in [-0.15, -0.1) is 0 Å². The van der Waals surface area contributed by atoms with Crippen molar-refractivity contribution < 1.29 is 13.5 Å². The van der Waals surface area contributed by atoms with E-state index in [1.807, 2.05) is 10.7 Å². The summed E-state index contributed by atoms with van der Waals surface area (Å²) in [4.78, 5) is 0. The van der Waals surface area contributed by atoms with Gasteiger partial charge in [0.2, 0.25) is 5.88 Å². The van der Waals surface area contributed by atoms with Gasteiger partial charge in [0.05, 0.1) is 5.69 Å². The molecule has 0 saturated heterocycles. The fourth-order valence-electron chi connectivity index (χ4n) is 3.68. The van der Waals surface area contributed by atoms with Crippen molar-refractivity contribution in [3.63, 3.8) is 0 Å². The molecule has 0 aliphatic heterocycles. The van der Waals surface area contributed by atoms with Crippen molar-refractivity contribution in [2.45, 2.75) is 71.9 Å². The second-order valence-corrected chi connectivity index (χ2v) is 8.12. The highest BCUT2D eigenvalue weighted by Crippen LogP contribution is 2.27. The number of nitrogens with zero attached hydrogens (tertiary/aromatic N) is 2. The summed E-state index contributed by atoms with van der Waals surface area (Å²) in [5.74, 6) is 0.977. The van der Waals surface area contributed by atoms with Gasteiger partial charge in [-0.25, -0.2) is 13.5 Å². The standard InChI is InChI=1S/C22H30F2N2O/c1-16(2)8-10-20-13-22(26(25-20)14-17-6-4-3-5-7-17)27-15-18-12-19(23)9-11-21(18)24/h9,11-13,16-17H,3-8,10,14-15H2,1-2H3. The van der Waals surface area contributed by atoms with Crippen LogP contribution in [0.2, 0.25) is 0 Å². The zero-order chi connectivity index (χ0) is 19.2. The molecule has 0 N–H and O–H groups in total. The quantitative estimate of drug-likeness (QED) is 0.573. The minimum atomic E-state index is -0.455. The predicted molar refractivity (Wildman–Crippen MR) is 103 cm³/mol. The van der Waals surface area contributed by atoms with Crippen LogP contribution in [0.5, 0.6) is 5.88 Å². The van der Waals surface area contributed by atoms with Crippen molar-refractivity contribution in [2.75, 3.05) is 0 Å². The Labute approximate surface area is 160 Å². The molecule has 27 heavy (non-hydrogen) atoms. The highest BCUT2D eigenvalue weighted by Gasteiger charge is 2.18. The van der Waals surface area contributed by atoms with E-state index in [-0.39, 0.29) is 12.2 Å². The minimum absolute atomic E-state index is 0.00355. The van der Waals surface area contributed by atoms with E-state index in [9.17, 15) is 8.78 Å². The van der Waals surface area contributed by atoms with Gasteiger partial charge in [-0.05, 0) is 55.7 Å². The fraction of sp³-hybridized carbons (Fsp3) is 0.591. The first-order valence-electron chi connectivity index (χ1n) is 10.1. The molecule has 1 aromatic carbocycles. The van der Waals surface area contributed by atoms with Gasteiger partial charge in [-0.3, -0.25) is 0 Å². The second kappa shape index (κ2) is 9.34. The van der Waals surface area contributed by atoms with Crippen LogP contribution < -0.4 is 4.74 Å². The summed E-state index contributed by atoms with van der Waals surface area (Å²) in [6.45, 7) is 5.23. The Hall–Kier alpha value is -1.91. The van der Waals surface area contributed by atoms with Gasteiger partial charge in [-0.2, -0.15) is 5.10 Å². The van der Waals surface area contributed by atoms with E-state index < -0.39 is 11.6 Å². The summed E-state index contributed by atoms with van der Waals surface area (Å²) in [5, 5.41) is 4.75. The molecule has 3 nitrogen and oxygen atoms in total. The van der Waals surface area contributed by atoms with Gasteiger partial charge in [0.15, 0.2) is 0 Å². The largest absolute Gasteiger partial charge is 0.473 e. The second-order valence-electron chi connectivity index (χ2n) is 8.12. The molecular weight excluding hydrogens is 346 g/mol. The summed E-state index contributed by atoms with van der Waals surface area (Å²) in [6.07, 6.45) is 8.28. The predicted octanol–water partition coefficient (Wildman–Crippen LogP) is 5.91. The van der Waals surface area contributed by atoms with Crippen LogP contribution in [0.1, 0.15) is 63.6 Å². The number of hydrogen-bond acceptors (Lipinski definition) is 2. The molecule has 1 saturated carbocycles. The van der Waals surface area contributed by atoms with Crippen LogP contribution in [0.25, 0.3) is 0 Å². The Kier molecular flexibility index (Phi) is 6.86. The zero-order valence-corrected chi connectivity index (χ0v) is 16.4. The minimum Gasteiger partial charge on any atom is -0.473 e. The van der Waals surface area contributed by atoms with Crippen molar-refractivity contribution >= 4 is 0 Å². The number of ether oxygens (including phenoxy) is 1. The molecule has 1 aliphatic carbocycles. The van der Waals surface area contributed by atoms with E-state index >= 15 is 0 Å². The summed E-state index contributed by atoms with van der Waals surface area (Å²) in [5.41, 5.74) is 1.23. The fourth-order valence-corrected chi connectivity index (χ4v) is 3.68. The number of halogens is 2. The summed E-state index contributed by atoms with van der Waals surface area (Å²) < 4.78 is 35.1. The molecule has 5 heteroatoms. The number of rotatable bonds is 8. The van der Waals surface area contributed by atoms with Crippen LogP contribution in [0.3, 0.4) is 0 Å². The molecule has 1 heterocycles. The van der Waals surface area contributed by atoms with Crippen LogP contribution in [0, 0.1) is 23.5 Å². The summed E-state index contributed by atoms with van der Waals surface area (Å²) in [6, 6.07) is 5.41. The molecule has 0 atom stereocenters. The van der Waals surface area contributed by atoms with Crippen molar-refractivity contribution in [1.29, 1.82) is 0 Å². The van der Waals surface area contributed by atoms with Gasteiger partial charge < -0.3 is 4.74 Å². The summed E-state index contributed by atoms with van der Waals surface area (Å²) >= 11 is 0. The molecule has 1 aromatic heterocycles. The van der Waals surface area contributed by atoms with E-state index in [4.69, 9.17) is 9.84 Å². The first kappa shape index (κ1) is 19.8. The lowest BCUT2D eigenvalue weighted by Crippen LogP contribution is -2.16. The maximum Gasteiger partial charge on any atom is 0.212 e. The van der Waals surface area contributed by atoms with E-state index in [0.29, 0.717) is 17.7 Å². The molecule has 0 bridgehead atoms. The third-order valence-corrected chi connectivity index (χ3v) is 5.31. The first-order chi connectivity index (χ1) is 13.0. The van der Waals surface area contributed by atoms with Gasteiger partial charge in [0.1, 0.15) is 18.2 Å². The highest BCUT2D eigenvalue weighted by atomic mass is 19.1. The average Bonchev–Trinajstić information content (AvgIpc) is 3.03. The van der Waals surface area contributed by atoms with Crippen molar-refractivity contribution in [2.24, 2.45) is 11.8 Å². The molecule has 3 rings (SSSR count). The SMILES string of the molecule is CC(C)CCc1cc(OCc2cc(F)ccc2F)n(CC2CCCCC2)n1. The maximum atomic E-state index is 13.9. The maximum absolute atomic E-state index is 13.9. The lowest BCUT2D eigenvalue weighted by atomic mass is 9.89. The van der Waals surface area contributed by atoms with Crippen LogP contribution in [0.4, 0.5) is 8.78 Å². The molecule has 148 valence electrons. The van der Waals surface area contributed by atoms with Crippen LogP contribution in [-0.4, -0.2) is 9.78 Å². The van der Waals surface area contributed by atoms with Gasteiger partial charge in [-0.1, -0.05) is 33.1 Å². The monoisotopic (exact) mass is 376 g/mol. The third kappa shape index (κ3) is 5.78. The Morgan fingerprint density at radius 3 is 2.67 bits per heavy atom. The Morgan fingerprint density at radius 2 is 1.93 bits per heavy atom. The summed E-state index contributed by atoms with van der Waals surface area (Å²) in [7, 11) is 0. The third-order valence-electron chi connectivity index (χ3n) is 5.31. The van der Waals surface area contributed by atoms with E-state index in [0.717, 1.165) is 37.2 Å². The molecule has 0 unspecified atom stereocenters. The highest BCUT2D eigenvalue weighted by molar-refractivity contribution is 5.21. The lowest BCUT2D eigenvalue weighted by molar-refractivity contribution is 0.242. The van der Waals surface area contributed by atoms with Crippen molar-refractivity contribution in [3.8, 4) is 5.88 Å². The Morgan fingerprint density at radius 1 is 1.15 bits per heavy atom. The number of benzene rings is 1. The molecule has 1 aliphatic rings. The van der Waals surface area contributed by atoms with Crippen molar-refractivity contribution in [1.82, 2.24) is 9.78 Å². The van der Waals surface area contributed by atoms with Gasteiger partial charge >= 0.3 is 0 Å². The van der Waals surface area contributed by atoms with E-state index in [2.05, 4.69) is 13.8 Å². The molecule has 2 aromatic rings. The van der Waals surface area contributed by atoms with Gasteiger partial charge in [0.25, 0.3) is 0 Å². The first-order valence-corrected chi connectivity index (χ1v) is 10.1. The Bertz CT molecular complexity index is 736. The zero-order valence-electron chi connectivity index (χ0n) is 16.4. The van der Waals surface area contributed by atoms with Crippen LogP contribution >= 0.6 is 0 Å². The molecular formula is C22H30F2N2O. The Balaban J connectivity index is 1.72. The topological polar surface area (TPSA) is 27.1 Å².